The molecule has 0 radical (unpaired) electrons. The van der Waals surface area contributed by atoms with Crippen LogP contribution in [0.1, 0.15) is 11.1 Å². The second-order valence-electron chi connectivity index (χ2n) is 4.87. The predicted octanol–water partition coefficient (Wildman–Crippen LogP) is 4.45. The first kappa shape index (κ1) is 13.9. The van der Waals surface area contributed by atoms with E-state index < -0.39 is 0 Å². The molecule has 0 aliphatic rings. The van der Waals surface area contributed by atoms with Crippen molar-refractivity contribution in [1.29, 1.82) is 0 Å². The minimum atomic E-state index is 0.452. The van der Waals surface area contributed by atoms with Crippen LogP contribution in [-0.2, 0) is 6.54 Å². The zero-order valence-electron chi connectivity index (χ0n) is 11.6. The van der Waals surface area contributed by atoms with Crippen LogP contribution in [-0.4, -0.2) is 4.98 Å². The molecule has 2 aromatic carbocycles. The molecular weight excluding hydrogens is 284 g/mol. The Morgan fingerprint density at radius 1 is 1.14 bits per heavy atom. The third-order valence-electron chi connectivity index (χ3n) is 3.31. The van der Waals surface area contributed by atoms with E-state index in [0.29, 0.717) is 23.2 Å². The van der Waals surface area contributed by atoms with Gasteiger partial charge in [0.25, 0.3) is 0 Å². The van der Waals surface area contributed by atoms with Crippen molar-refractivity contribution in [3.63, 3.8) is 0 Å². The summed E-state index contributed by atoms with van der Waals surface area (Å²) >= 11 is 6.22. The number of hydrogen-bond acceptors (Lipinski definition) is 3. The lowest BCUT2D eigenvalue weighted by Gasteiger charge is -2.11. The molecule has 0 saturated carbocycles. The first-order valence-corrected chi connectivity index (χ1v) is 7.08. The van der Waals surface area contributed by atoms with E-state index in [9.17, 15) is 0 Å². The van der Waals surface area contributed by atoms with Crippen molar-refractivity contribution in [2.24, 2.45) is 5.73 Å². The van der Waals surface area contributed by atoms with Crippen molar-refractivity contribution < 1.29 is 4.74 Å². The maximum absolute atomic E-state index is 6.22. The Hall–Kier alpha value is -2.10. The number of pyridine rings is 1. The van der Waals surface area contributed by atoms with Crippen LogP contribution < -0.4 is 10.5 Å². The first-order chi connectivity index (χ1) is 10.2. The smallest absolute Gasteiger partial charge is 0.222 e. The van der Waals surface area contributed by atoms with Crippen molar-refractivity contribution in [2.45, 2.75) is 13.5 Å². The van der Waals surface area contributed by atoms with Gasteiger partial charge in [-0.25, -0.2) is 4.98 Å². The molecule has 2 N–H and O–H groups in total. The lowest BCUT2D eigenvalue weighted by molar-refractivity contribution is 0.461. The molecule has 3 nitrogen and oxygen atoms in total. The number of aromatic nitrogens is 1. The van der Waals surface area contributed by atoms with Crippen molar-refractivity contribution in [3.05, 3.63) is 64.7 Å². The lowest BCUT2D eigenvalue weighted by Crippen LogP contribution is -1.97. The fourth-order valence-electron chi connectivity index (χ4n) is 2.17. The van der Waals surface area contributed by atoms with Crippen LogP contribution >= 0.6 is 11.6 Å². The number of aryl methyl sites for hydroxylation is 1. The number of halogens is 1. The summed E-state index contributed by atoms with van der Waals surface area (Å²) in [5, 5.41) is 1.62. The molecule has 0 bridgehead atoms. The number of nitrogens with zero attached hydrogens (tertiary/aromatic N) is 1. The van der Waals surface area contributed by atoms with E-state index in [4.69, 9.17) is 22.1 Å². The van der Waals surface area contributed by atoms with Gasteiger partial charge in [-0.15, -0.1) is 0 Å². The molecule has 1 aromatic heterocycles. The van der Waals surface area contributed by atoms with Gasteiger partial charge in [0.1, 0.15) is 5.75 Å². The highest BCUT2D eigenvalue weighted by molar-refractivity contribution is 6.32. The van der Waals surface area contributed by atoms with Crippen LogP contribution in [0, 0.1) is 6.92 Å². The van der Waals surface area contributed by atoms with Gasteiger partial charge in [-0.1, -0.05) is 35.9 Å². The van der Waals surface area contributed by atoms with Crippen LogP contribution in [0.5, 0.6) is 11.6 Å². The Labute approximate surface area is 128 Å². The Balaban J connectivity index is 1.99. The molecule has 0 atom stereocenters. The Bertz CT molecular complexity index is 802. The molecule has 0 aliphatic heterocycles. The van der Waals surface area contributed by atoms with Gasteiger partial charge in [-0.05, 0) is 36.8 Å². The molecule has 106 valence electrons. The van der Waals surface area contributed by atoms with Gasteiger partial charge < -0.3 is 10.5 Å². The van der Waals surface area contributed by atoms with E-state index in [1.165, 1.54) is 0 Å². The Morgan fingerprint density at radius 2 is 1.95 bits per heavy atom. The van der Waals surface area contributed by atoms with Gasteiger partial charge in [0.2, 0.25) is 5.88 Å². The molecule has 0 fully saturated rings. The summed E-state index contributed by atoms with van der Waals surface area (Å²) in [6.45, 7) is 2.42. The SMILES string of the molecule is Cc1cc2ccccc2nc1Oc1ccc(CN)cc1Cl. The predicted molar refractivity (Wildman–Crippen MR) is 85.9 cm³/mol. The van der Waals surface area contributed by atoms with Gasteiger partial charge in [-0.3, -0.25) is 0 Å². The minimum absolute atomic E-state index is 0.452. The first-order valence-electron chi connectivity index (χ1n) is 6.70. The summed E-state index contributed by atoms with van der Waals surface area (Å²) in [5.41, 5.74) is 8.43. The zero-order chi connectivity index (χ0) is 14.8. The van der Waals surface area contributed by atoms with Gasteiger partial charge in [0.05, 0.1) is 10.5 Å². The normalized spacial score (nSPS) is 10.8. The molecule has 0 spiro atoms. The van der Waals surface area contributed by atoms with Crippen molar-refractivity contribution >= 4 is 22.5 Å². The highest BCUT2D eigenvalue weighted by Crippen LogP contribution is 2.31. The third-order valence-corrected chi connectivity index (χ3v) is 3.60. The maximum Gasteiger partial charge on any atom is 0.222 e. The summed E-state index contributed by atoms with van der Waals surface area (Å²) in [6, 6.07) is 15.5. The molecule has 0 amide bonds. The van der Waals surface area contributed by atoms with E-state index in [2.05, 4.69) is 11.1 Å². The third kappa shape index (κ3) is 2.84. The van der Waals surface area contributed by atoms with Gasteiger partial charge in [-0.2, -0.15) is 0 Å². The van der Waals surface area contributed by atoms with Gasteiger partial charge in [0.15, 0.2) is 0 Å². The molecule has 21 heavy (non-hydrogen) atoms. The highest BCUT2D eigenvalue weighted by atomic mass is 35.5. The molecule has 1 heterocycles. The van der Waals surface area contributed by atoms with Crippen molar-refractivity contribution in [1.82, 2.24) is 4.98 Å². The average Bonchev–Trinajstić information content (AvgIpc) is 2.49. The van der Waals surface area contributed by atoms with Crippen LogP contribution in [0.4, 0.5) is 0 Å². The van der Waals surface area contributed by atoms with E-state index in [-0.39, 0.29) is 0 Å². The molecule has 3 aromatic rings. The van der Waals surface area contributed by atoms with Gasteiger partial charge >= 0.3 is 0 Å². The Morgan fingerprint density at radius 3 is 2.71 bits per heavy atom. The average molecular weight is 299 g/mol. The van der Waals surface area contributed by atoms with E-state index in [1.54, 1.807) is 0 Å². The number of hydrogen-bond donors (Lipinski definition) is 1. The van der Waals surface area contributed by atoms with Crippen LogP contribution in [0.2, 0.25) is 5.02 Å². The van der Waals surface area contributed by atoms with E-state index in [0.717, 1.165) is 22.0 Å². The summed E-state index contributed by atoms with van der Waals surface area (Å²) in [5.74, 6) is 1.15. The van der Waals surface area contributed by atoms with Crippen LogP contribution in [0.25, 0.3) is 10.9 Å². The highest BCUT2D eigenvalue weighted by Gasteiger charge is 2.09. The molecule has 3 rings (SSSR count). The summed E-state index contributed by atoms with van der Waals surface area (Å²) < 4.78 is 5.86. The second-order valence-corrected chi connectivity index (χ2v) is 5.28. The second kappa shape index (κ2) is 5.72. The number of fused-ring (bicyclic) bond motifs is 1. The number of nitrogens with two attached hydrogens (primary N) is 1. The lowest BCUT2D eigenvalue weighted by atomic mass is 10.1. The number of rotatable bonds is 3. The fraction of sp³-hybridized carbons (Fsp3) is 0.118. The summed E-state index contributed by atoms with van der Waals surface area (Å²) in [7, 11) is 0. The quantitative estimate of drug-likeness (QED) is 0.777. The Kier molecular flexibility index (Phi) is 3.78. The van der Waals surface area contributed by atoms with Crippen LogP contribution in [0.3, 0.4) is 0 Å². The maximum atomic E-state index is 6.22. The van der Waals surface area contributed by atoms with E-state index >= 15 is 0 Å². The molecule has 0 unspecified atom stereocenters. The van der Waals surface area contributed by atoms with Crippen molar-refractivity contribution in [3.8, 4) is 11.6 Å². The summed E-state index contributed by atoms with van der Waals surface area (Å²) in [6.07, 6.45) is 0. The van der Waals surface area contributed by atoms with Gasteiger partial charge in [0, 0.05) is 17.5 Å². The van der Waals surface area contributed by atoms with E-state index in [1.807, 2.05) is 49.4 Å². The standard InChI is InChI=1S/C17H15ClN2O/c1-11-8-13-4-2-3-5-15(13)20-17(11)21-16-7-6-12(10-19)9-14(16)18/h2-9H,10,19H2,1H3. The molecule has 0 saturated heterocycles. The largest absolute Gasteiger partial charge is 0.437 e. The number of para-hydroxylation sites is 1. The summed E-state index contributed by atoms with van der Waals surface area (Å²) in [4.78, 5) is 4.55. The monoisotopic (exact) mass is 298 g/mol. The fourth-order valence-corrected chi connectivity index (χ4v) is 2.41. The molecular formula is C17H15ClN2O. The number of ether oxygens (including phenoxy) is 1. The van der Waals surface area contributed by atoms with Crippen LogP contribution in [0.15, 0.2) is 48.5 Å². The minimum Gasteiger partial charge on any atom is -0.437 e. The van der Waals surface area contributed by atoms with Crippen molar-refractivity contribution in [2.75, 3.05) is 0 Å². The topological polar surface area (TPSA) is 48.1 Å². The molecule has 4 heteroatoms. The molecule has 0 aliphatic carbocycles. The zero-order valence-corrected chi connectivity index (χ0v) is 12.4. The number of benzene rings is 2.